The van der Waals surface area contributed by atoms with Gasteiger partial charge in [0.15, 0.2) is 0 Å². The minimum atomic E-state index is -0.369. The summed E-state index contributed by atoms with van der Waals surface area (Å²) in [4.78, 5) is 37.1. The van der Waals surface area contributed by atoms with Crippen LogP contribution in [-0.2, 0) is 16.1 Å². The molecule has 3 heterocycles. The first-order valence-electron chi connectivity index (χ1n) is 12.4. The topological polar surface area (TPSA) is 66.0 Å². The molecular formula is C28H32N4O3. The Morgan fingerprint density at radius 1 is 0.857 bits per heavy atom. The maximum absolute atomic E-state index is 13.1. The summed E-state index contributed by atoms with van der Waals surface area (Å²) >= 11 is 0. The zero-order chi connectivity index (χ0) is 24.2. The van der Waals surface area contributed by atoms with Gasteiger partial charge in [0.2, 0.25) is 5.91 Å². The second-order valence-corrected chi connectivity index (χ2v) is 9.32. The van der Waals surface area contributed by atoms with Gasteiger partial charge in [-0.3, -0.25) is 19.6 Å². The number of rotatable bonds is 6. The van der Waals surface area contributed by atoms with E-state index in [-0.39, 0.29) is 11.9 Å². The summed E-state index contributed by atoms with van der Waals surface area (Å²) in [5.74, 6) is -0.125. The lowest BCUT2D eigenvalue weighted by molar-refractivity contribution is -0.131. The molecule has 0 radical (unpaired) electrons. The number of piperazine rings is 1. The Morgan fingerprint density at radius 2 is 1.51 bits per heavy atom. The number of hydrogen-bond donors (Lipinski definition) is 0. The lowest BCUT2D eigenvalue weighted by Gasteiger charge is -2.35. The third-order valence-corrected chi connectivity index (χ3v) is 7.08. The summed E-state index contributed by atoms with van der Waals surface area (Å²) in [6.45, 7) is 6.14. The fourth-order valence-electron chi connectivity index (χ4n) is 5.18. The number of para-hydroxylation sites is 1. The molecule has 2 aliphatic heterocycles. The van der Waals surface area contributed by atoms with Crippen molar-refractivity contribution in [1.82, 2.24) is 19.7 Å². The summed E-state index contributed by atoms with van der Waals surface area (Å²) < 4.78 is 5.24. The molecule has 5 rings (SSSR count). The summed E-state index contributed by atoms with van der Waals surface area (Å²) in [5.41, 5.74) is 3.97. The molecule has 0 aliphatic carbocycles. The Morgan fingerprint density at radius 3 is 2.23 bits per heavy atom. The van der Waals surface area contributed by atoms with Crippen LogP contribution in [0.5, 0.6) is 0 Å². The molecule has 0 bridgehead atoms. The molecule has 35 heavy (non-hydrogen) atoms. The van der Waals surface area contributed by atoms with E-state index in [1.807, 2.05) is 59.5 Å². The maximum atomic E-state index is 13.1. The number of methoxy groups -OCH3 is 1. The van der Waals surface area contributed by atoms with Gasteiger partial charge in [0.05, 0.1) is 30.4 Å². The molecule has 0 unspecified atom stereocenters. The smallest absolute Gasteiger partial charge is 0.340 e. The van der Waals surface area contributed by atoms with Crippen molar-refractivity contribution < 1.29 is 14.3 Å². The summed E-state index contributed by atoms with van der Waals surface area (Å²) in [6, 6.07) is 17.9. The molecule has 2 aliphatic rings. The zero-order valence-electron chi connectivity index (χ0n) is 20.3. The van der Waals surface area contributed by atoms with Gasteiger partial charge in [-0.1, -0.05) is 48.5 Å². The van der Waals surface area contributed by atoms with E-state index in [1.54, 1.807) is 0 Å². The standard InChI is InChI=1S/C28H32N4O3/c1-35-28(34)27-24(19-30-15-17-31(18-16-30)20-25(33)32-13-7-8-14-32)29-23-12-6-5-11-22(23)26(27)21-9-3-2-4-10-21/h2-6,9-12H,7-8,13-20H2,1H3. The molecule has 2 fully saturated rings. The first kappa shape index (κ1) is 23.5. The van der Waals surface area contributed by atoms with Crippen molar-refractivity contribution in [2.75, 3.05) is 52.9 Å². The molecule has 3 aromatic rings. The van der Waals surface area contributed by atoms with E-state index < -0.39 is 0 Å². The maximum Gasteiger partial charge on any atom is 0.340 e. The number of esters is 1. The average Bonchev–Trinajstić information content (AvgIpc) is 3.44. The van der Waals surface area contributed by atoms with Crippen molar-refractivity contribution in [2.24, 2.45) is 0 Å². The lowest BCUT2D eigenvalue weighted by Crippen LogP contribution is -2.49. The number of carbonyl (C=O) groups is 2. The van der Waals surface area contributed by atoms with Crippen LogP contribution in [0.1, 0.15) is 28.9 Å². The van der Waals surface area contributed by atoms with Crippen LogP contribution in [-0.4, -0.2) is 84.5 Å². The van der Waals surface area contributed by atoms with E-state index in [2.05, 4.69) is 9.80 Å². The third kappa shape index (κ3) is 5.06. The molecule has 0 atom stereocenters. The number of benzene rings is 2. The molecule has 7 heteroatoms. The Kier molecular flexibility index (Phi) is 7.06. The Hall–Kier alpha value is -3.29. The first-order valence-corrected chi connectivity index (χ1v) is 12.4. The summed E-state index contributed by atoms with van der Waals surface area (Å²) in [5, 5.41) is 0.938. The molecule has 0 N–H and O–H groups in total. The van der Waals surface area contributed by atoms with Crippen LogP contribution in [0, 0.1) is 0 Å². The van der Waals surface area contributed by atoms with Crippen LogP contribution in [0.25, 0.3) is 22.0 Å². The monoisotopic (exact) mass is 472 g/mol. The Balaban J connectivity index is 1.40. The van der Waals surface area contributed by atoms with Crippen LogP contribution in [0.3, 0.4) is 0 Å². The van der Waals surface area contributed by atoms with Gasteiger partial charge in [0.25, 0.3) is 0 Å². The molecule has 7 nitrogen and oxygen atoms in total. The van der Waals surface area contributed by atoms with Gasteiger partial charge in [-0.25, -0.2) is 4.79 Å². The van der Waals surface area contributed by atoms with Gasteiger partial charge in [-0.05, 0) is 24.5 Å². The highest BCUT2D eigenvalue weighted by atomic mass is 16.5. The van der Waals surface area contributed by atoms with Crippen LogP contribution >= 0.6 is 0 Å². The largest absolute Gasteiger partial charge is 0.465 e. The second kappa shape index (κ2) is 10.5. The fraction of sp³-hybridized carbons (Fsp3) is 0.393. The highest BCUT2D eigenvalue weighted by Crippen LogP contribution is 2.34. The highest BCUT2D eigenvalue weighted by Gasteiger charge is 2.27. The minimum Gasteiger partial charge on any atom is -0.465 e. The Labute approximate surface area is 206 Å². The number of nitrogens with zero attached hydrogens (tertiary/aromatic N) is 4. The molecule has 0 spiro atoms. The lowest BCUT2D eigenvalue weighted by atomic mass is 9.93. The van der Waals surface area contributed by atoms with Crippen molar-refractivity contribution in [3.05, 3.63) is 65.9 Å². The van der Waals surface area contributed by atoms with Crippen LogP contribution in [0.4, 0.5) is 0 Å². The van der Waals surface area contributed by atoms with Crippen molar-refractivity contribution in [1.29, 1.82) is 0 Å². The number of pyridine rings is 1. The van der Waals surface area contributed by atoms with E-state index in [9.17, 15) is 9.59 Å². The number of ether oxygens (including phenoxy) is 1. The molecule has 1 aromatic heterocycles. The van der Waals surface area contributed by atoms with Crippen molar-refractivity contribution in [3.8, 4) is 11.1 Å². The average molecular weight is 473 g/mol. The normalized spacial score (nSPS) is 17.1. The van der Waals surface area contributed by atoms with E-state index in [4.69, 9.17) is 9.72 Å². The van der Waals surface area contributed by atoms with Gasteiger partial charge < -0.3 is 9.64 Å². The second-order valence-electron chi connectivity index (χ2n) is 9.32. The third-order valence-electron chi connectivity index (χ3n) is 7.08. The number of carbonyl (C=O) groups excluding carboxylic acids is 2. The number of aromatic nitrogens is 1. The van der Waals surface area contributed by atoms with Crippen LogP contribution in [0.15, 0.2) is 54.6 Å². The van der Waals surface area contributed by atoms with E-state index in [0.717, 1.165) is 79.8 Å². The van der Waals surface area contributed by atoms with Gasteiger partial charge >= 0.3 is 5.97 Å². The number of amides is 1. The summed E-state index contributed by atoms with van der Waals surface area (Å²) in [6.07, 6.45) is 2.23. The van der Waals surface area contributed by atoms with Gasteiger partial charge in [0.1, 0.15) is 0 Å². The van der Waals surface area contributed by atoms with Crippen molar-refractivity contribution >= 4 is 22.8 Å². The highest BCUT2D eigenvalue weighted by molar-refractivity contribution is 6.07. The molecule has 1 amide bonds. The molecule has 2 aromatic carbocycles. The number of likely N-dealkylation sites (tertiary alicyclic amines) is 1. The minimum absolute atomic E-state index is 0.243. The fourth-order valence-corrected chi connectivity index (χ4v) is 5.18. The van der Waals surface area contributed by atoms with Gasteiger partial charge in [0, 0.05) is 56.8 Å². The molecule has 2 saturated heterocycles. The van der Waals surface area contributed by atoms with Crippen molar-refractivity contribution in [2.45, 2.75) is 19.4 Å². The van der Waals surface area contributed by atoms with E-state index in [1.165, 1.54) is 7.11 Å². The van der Waals surface area contributed by atoms with Gasteiger partial charge in [-0.2, -0.15) is 0 Å². The predicted molar refractivity (Wildman–Crippen MR) is 136 cm³/mol. The van der Waals surface area contributed by atoms with Crippen LogP contribution < -0.4 is 0 Å². The summed E-state index contributed by atoms with van der Waals surface area (Å²) in [7, 11) is 1.42. The zero-order valence-corrected chi connectivity index (χ0v) is 20.3. The van der Waals surface area contributed by atoms with E-state index in [0.29, 0.717) is 18.7 Å². The molecular weight excluding hydrogens is 440 g/mol. The quantitative estimate of drug-likeness (QED) is 0.512. The Bertz CT molecular complexity index is 1200. The van der Waals surface area contributed by atoms with Crippen molar-refractivity contribution in [3.63, 3.8) is 0 Å². The molecule has 0 saturated carbocycles. The van der Waals surface area contributed by atoms with E-state index >= 15 is 0 Å². The van der Waals surface area contributed by atoms with Gasteiger partial charge in [-0.15, -0.1) is 0 Å². The SMILES string of the molecule is COC(=O)c1c(CN2CCN(CC(=O)N3CCCC3)CC2)nc2ccccc2c1-c1ccccc1. The first-order chi connectivity index (χ1) is 17.1. The van der Waals surface area contributed by atoms with Crippen LogP contribution in [0.2, 0.25) is 0 Å². The molecule has 182 valence electrons. The number of fused-ring (bicyclic) bond motifs is 1. The number of hydrogen-bond acceptors (Lipinski definition) is 6. The predicted octanol–water partition coefficient (Wildman–Crippen LogP) is 3.43.